The van der Waals surface area contributed by atoms with Crippen LogP contribution >= 0.6 is 0 Å². The Kier molecular flexibility index (Phi) is 7.03. The van der Waals surface area contributed by atoms with Gasteiger partial charge in [-0.05, 0) is 31.1 Å². The molecule has 1 aromatic carbocycles. The van der Waals surface area contributed by atoms with E-state index >= 15 is 0 Å². The molecule has 4 nitrogen and oxygen atoms in total. The van der Waals surface area contributed by atoms with Crippen molar-refractivity contribution in [2.45, 2.75) is 32.4 Å². The summed E-state index contributed by atoms with van der Waals surface area (Å²) in [5.41, 5.74) is 2.69. The van der Waals surface area contributed by atoms with Crippen molar-refractivity contribution in [1.82, 2.24) is 14.7 Å². The van der Waals surface area contributed by atoms with Gasteiger partial charge >= 0.3 is 0 Å². The van der Waals surface area contributed by atoms with Crippen molar-refractivity contribution in [2.75, 3.05) is 53.4 Å². The number of rotatable bonds is 7. The Morgan fingerprint density at radius 1 is 1.09 bits per heavy atom. The number of hydrogen-bond acceptors (Lipinski definition) is 4. The van der Waals surface area contributed by atoms with E-state index in [4.69, 9.17) is 0 Å². The van der Waals surface area contributed by atoms with Crippen LogP contribution in [0.3, 0.4) is 0 Å². The lowest BCUT2D eigenvalue weighted by Gasteiger charge is -2.34. The van der Waals surface area contributed by atoms with E-state index in [-0.39, 0.29) is 6.10 Å². The van der Waals surface area contributed by atoms with Crippen molar-refractivity contribution in [3.05, 3.63) is 35.4 Å². The van der Waals surface area contributed by atoms with Gasteiger partial charge in [-0.3, -0.25) is 9.80 Å². The Bertz CT molecular complexity index is 452. The van der Waals surface area contributed by atoms with Gasteiger partial charge in [0.2, 0.25) is 0 Å². The molecule has 130 valence electrons. The molecule has 1 aliphatic heterocycles. The molecule has 1 saturated heterocycles. The van der Waals surface area contributed by atoms with Crippen LogP contribution in [0, 0.1) is 0 Å². The maximum Gasteiger partial charge on any atom is 0.0793 e. The molecule has 1 heterocycles. The molecule has 1 unspecified atom stereocenters. The first-order valence-electron chi connectivity index (χ1n) is 8.80. The normalized spacial score (nSPS) is 18.7. The van der Waals surface area contributed by atoms with E-state index in [9.17, 15) is 5.11 Å². The van der Waals surface area contributed by atoms with Gasteiger partial charge in [-0.2, -0.15) is 0 Å². The highest BCUT2D eigenvalue weighted by Gasteiger charge is 2.18. The van der Waals surface area contributed by atoms with Crippen LogP contribution in [0.4, 0.5) is 0 Å². The number of aliphatic hydroxyl groups is 1. The molecule has 1 aromatic rings. The molecule has 0 radical (unpaired) electrons. The summed E-state index contributed by atoms with van der Waals surface area (Å²) in [6.07, 6.45) is -0.279. The van der Waals surface area contributed by atoms with Crippen LogP contribution in [0.1, 0.15) is 30.9 Å². The van der Waals surface area contributed by atoms with E-state index in [0.29, 0.717) is 5.92 Å². The number of aliphatic hydroxyl groups excluding tert-OH is 1. The summed E-state index contributed by atoms with van der Waals surface area (Å²) < 4.78 is 0. The number of nitrogens with zero attached hydrogens (tertiary/aromatic N) is 3. The molecule has 1 aliphatic rings. The van der Waals surface area contributed by atoms with Crippen LogP contribution in [-0.4, -0.2) is 79.3 Å². The Balaban J connectivity index is 1.74. The van der Waals surface area contributed by atoms with Gasteiger partial charge in [-0.15, -0.1) is 0 Å². The van der Waals surface area contributed by atoms with Gasteiger partial charge in [0.25, 0.3) is 0 Å². The van der Waals surface area contributed by atoms with Crippen LogP contribution in [-0.2, 0) is 6.54 Å². The summed E-state index contributed by atoms with van der Waals surface area (Å²) in [7, 11) is 4.25. The Labute approximate surface area is 141 Å². The Morgan fingerprint density at radius 2 is 1.70 bits per heavy atom. The highest BCUT2D eigenvalue weighted by atomic mass is 16.3. The minimum atomic E-state index is -0.279. The zero-order chi connectivity index (χ0) is 16.8. The van der Waals surface area contributed by atoms with Gasteiger partial charge in [0.05, 0.1) is 6.10 Å². The third-order valence-electron chi connectivity index (χ3n) is 4.69. The quantitative estimate of drug-likeness (QED) is 0.831. The number of β-amino-alcohol motifs (C(OH)–C–C–N with tert-alkyl or cyclic N) is 1. The van der Waals surface area contributed by atoms with E-state index in [1.807, 2.05) is 0 Å². The second-order valence-electron chi connectivity index (χ2n) is 7.35. The average Bonchev–Trinajstić information content (AvgIpc) is 2.50. The van der Waals surface area contributed by atoms with Gasteiger partial charge in [0.1, 0.15) is 0 Å². The van der Waals surface area contributed by atoms with Gasteiger partial charge < -0.3 is 10.0 Å². The lowest BCUT2D eigenvalue weighted by Crippen LogP contribution is -2.48. The van der Waals surface area contributed by atoms with E-state index in [0.717, 1.165) is 45.8 Å². The number of likely N-dealkylation sites (N-methyl/N-ethyl adjacent to an activating group) is 2. The third-order valence-corrected chi connectivity index (χ3v) is 4.69. The number of benzene rings is 1. The second-order valence-corrected chi connectivity index (χ2v) is 7.35. The maximum absolute atomic E-state index is 10.3. The lowest BCUT2D eigenvalue weighted by atomic mass is 10.0. The van der Waals surface area contributed by atoms with Gasteiger partial charge in [-0.25, -0.2) is 0 Å². The first-order chi connectivity index (χ1) is 10.9. The SMILES string of the molecule is CC(C)c1ccc(CN(C)CC(O)CN2CCN(C)CC2)cc1. The Morgan fingerprint density at radius 3 is 2.26 bits per heavy atom. The van der Waals surface area contributed by atoms with Crippen molar-refractivity contribution in [2.24, 2.45) is 0 Å². The zero-order valence-electron chi connectivity index (χ0n) is 15.2. The monoisotopic (exact) mass is 319 g/mol. The van der Waals surface area contributed by atoms with Crippen molar-refractivity contribution >= 4 is 0 Å². The summed E-state index contributed by atoms with van der Waals surface area (Å²) in [6.45, 7) is 11.2. The maximum atomic E-state index is 10.3. The van der Waals surface area contributed by atoms with Crippen molar-refractivity contribution < 1.29 is 5.11 Å². The first kappa shape index (κ1) is 18.4. The second kappa shape index (κ2) is 8.78. The van der Waals surface area contributed by atoms with Gasteiger partial charge in [-0.1, -0.05) is 38.1 Å². The molecule has 1 fully saturated rings. The van der Waals surface area contributed by atoms with Gasteiger partial charge in [0, 0.05) is 45.8 Å². The predicted molar refractivity (Wildman–Crippen MR) is 96.8 cm³/mol. The highest BCUT2D eigenvalue weighted by Crippen LogP contribution is 2.15. The van der Waals surface area contributed by atoms with Crippen molar-refractivity contribution in [1.29, 1.82) is 0 Å². The van der Waals surface area contributed by atoms with E-state index < -0.39 is 0 Å². The fourth-order valence-corrected chi connectivity index (χ4v) is 3.13. The van der Waals surface area contributed by atoms with Crippen LogP contribution in [0.2, 0.25) is 0 Å². The zero-order valence-corrected chi connectivity index (χ0v) is 15.2. The van der Waals surface area contributed by atoms with Crippen molar-refractivity contribution in [3.63, 3.8) is 0 Å². The summed E-state index contributed by atoms with van der Waals surface area (Å²) in [5.74, 6) is 0.576. The topological polar surface area (TPSA) is 30.0 Å². The molecule has 0 saturated carbocycles. The summed E-state index contributed by atoms with van der Waals surface area (Å²) >= 11 is 0. The minimum Gasteiger partial charge on any atom is -0.390 e. The molecular weight excluding hydrogens is 286 g/mol. The Hall–Kier alpha value is -0.940. The molecule has 0 spiro atoms. The average molecular weight is 319 g/mol. The lowest BCUT2D eigenvalue weighted by molar-refractivity contribution is 0.0594. The molecular formula is C19H33N3O. The summed E-state index contributed by atoms with van der Waals surface area (Å²) in [6, 6.07) is 8.85. The molecule has 0 bridgehead atoms. The molecule has 1 atom stereocenters. The van der Waals surface area contributed by atoms with Crippen LogP contribution in [0.25, 0.3) is 0 Å². The van der Waals surface area contributed by atoms with Crippen molar-refractivity contribution in [3.8, 4) is 0 Å². The highest BCUT2D eigenvalue weighted by molar-refractivity contribution is 5.24. The molecule has 0 aliphatic carbocycles. The molecule has 0 aromatic heterocycles. The molecule has 23 heavy (non-hydrogen) atoms. The first-order valence-corrected chi connectivity index (χ1v) is 8.80. The third kappa shape index (κ3) is 6.22. The molecule has 1 N–H and O–H groups in total. The molecule has 2 rings (SSSR count). The smallest absolute Gasteiger partial charge is 0.0793 e. The molecule has 4 heteroatoms. The van der Waals surface area contributed by atoms with Crippen LogP contribution in [0.5, 0.6) is 0 Å². The van der Waals surface area contributed by atoms with E-state index in [1.54, 1.807) is 0 Å². The minimum absolute atomic E-state index is 0.279. The standard InChI is InChI=1S/C19H33N3O/c1-16(2)18-7-5-17(6-8-18)13-21(4)14-19(23)15-22-11-9-20(3)10-12-22/h5-8,16,19,23H,9-15H2,1-4H3. The van der Waals surface area contributed by atoms with Crippen LogP contribution < -0.4 is 0 Å². The van der Waals surface area contributed by atoms with Gasteiger partial charge in [0.15, 0.2) is 0 Å². The number of hydrogen-bond donors (Lipinski definition) is 1. The van der Waals surface area contributed by atoms with E-state index in [2.05, 4.69) is 66.9 Å². The summed E-state index contributed by atoms with van der Waals surface area (Å²) in [4.78, 5) is 6.93. The fourth-order valence-electron chi connectivity index (χ4n) is 3.13. The predicted octanol–water partition coefficient (Wildman–Crippen LogP) is 1.85. The molecule has 0 amide bonds. The van der Waals surface area contributed by atoms with E-state index in [1.165, 1.54) is 11.1 Å². The summed E-state index contributed by atoms with van der Waals surface area (Å²) in [5, 5.41) is 10.3. The van der Waals surface area contributed by atoms with Crippen LogP contribution in [0.15, 0.2) is 24.3 Å². The fraction of sp³-hybridized carbons (Fsp3) is 0.684. The number of piperazine rings is 1. The largest absolute Gasteiger partial charge is 0.390 e.